The second-order valence-electron chi connectivity index (χ2n) is 8.77. The van der Waals surface area contributed by atoms with Gasteiger partial charge in [-0.2, -0.15) is 0 Å². The van der Waals surface area contributed by atoms with Gasteiger partial charge in [-0.3, -0.25) is 4.79 Å². The van der Waals surface area contributed by atoms with Gasteiger partial charge in [-0.1, -0.05) is 48.9 Å². The fraction of sp³-hybridized carbons (Fsp3) is 0.346. The fourth-order valence-electron chi connectivity index (χ4n) is 5.18. The van der Waals surface area contributed by atoms with E-state index in [1.54, 1.807) is 31.4 Å². The maximum atomic E-state index is 13.4. The lowest BCUT2D eigenvalue weighted by Crippen LogP contribution is -2.37. The topological polar surface area (TPSA) is 72.5 Å². The summed E-state index contributed by atoms with van der Waals surface area (Å²) in [4.78, 5) is 13.6. The van der Waals surface area contributed by atoms with Crippen LogP contribution in [-0.2, 0) is 21.2 Å². The van der Waals surface area contributed by atoms with E-state index in [4.69, 9.17) is 4.74 Å². The molecule has 3 aromatic carbocycles. The van der Waals surface area contributed by atoms with Crippen LogP contribution in [0.2, 0.25) is 0 Å². The number of ether oxygens (including phenoxy) is 1. The van der Waals surface area contributed by atoms with E-state index in [9.17, 15) is 13.2 Å². The van der Waals surface area contributed by atoms with Gasteiger partial charge in [0.1, 0.15) is 5.75 Å². The zero-order valence-electron chi connectivity index (χ0n) is 18.1. The number of fused-ring (bicyclic) bond motifs is 2. The van der Waals surface area contributed by atoms with Crippen LogP contribution in [0, 0.1) is 0 Å². The van der Waals surface area contributed by atoms with Crippen LogP contribution in [0.3, 0.4) is 0 Å². The van der Waals surface area contributed by atoms with E-state index in [1.165, 1.54) is 12.0 Å². The van der Waals surface area contributed by atoms with Crippen LogP contribution < -0.4 is 9.46 Å². The van der Waals surface area contributed by atoms with Crippen molar-refractivity contribution in [2.24, 2.45) is 0 Å². The number of hydrogen-bond donors (Lipinski definition) is 1. The van der Waals surface area contributed by atoms with Crippen molar-refractivity contribution in [2.75, 3.05) is 7.11 Å². The SMILES string of the molecule is COc1ccc(C2CCC2)c2c1CCC[C@H]2C(=O)NS(=O)(=O)c1cccc2ccccc12. The lowest BCUT2D eigenvalue weighted by atomic mass is 9.71. The number of rotatable bonds is 5. The molecule has 2 aliphatic carbocycles. The predicted molar refractivity (Wildman–Crippen MR) is 125 cm³/mol. The highest BCUT2D eigenvalue weighted by Gasteiger charge is 2.36. The zero-order valence-corrected chi connectivity index (χ0v) is 19.0. The van der Waals surface area contributed by atoms with Crippen molar-refractivity contribution < 1.29 is 17.9 Å². The second-order valence-corrected chi connectivity index (χ2v) is 10.4. The molecule has 166 valence electrons. The molecule has 0 aromatic heterocycles. The quantitative estimate of drug-likeness (QED) is 0.592. The van der Waals surface area contributed by atoms with Gasteiger partial charge < -0.3 is 4.74 Å². The first-order chi connectivity index (χ1) is 15.5. The Morgan fingerprint density at radius 3 is 2.50 bits per heavy atom. The smallest absolute Gasteiger partial charge is 0.264 e. The minimum Gasteiger partial charge on any atom is -0.496 e. The molecular weight excluding hydrogens is 422 g/mol. The molecule has 0 spiro atoms. The minimum absolute atomic E-state index is 0.129. The molecule has 1 amide bonds. The van der Waals surface area contributed by atoms with Crippen molar-refractivity contribution >= 4 is 26.7 Å². The summed E-state index contributed by atoms with van der Waals surface area (Å²) in [5, 5.41) is 1.43. The number of nitrogens with one attached hydrogen (secondary N) is 1. The van der Waals surface area contributed by atoms with Crippen molar-refractivity contribution in [1.82, 2.24) is 4.72 Å². The summed E-state index contributed by atoms with van der Waals surface area (Å²) in [7, 11) is -2.36. The third-order valence-electron chi connectivity index (χ3n) is 6.97. The highest BCUT2D eigenvalue weighted by atomic mass is 32.2. The molecule has 0 aliphatic heterocycles. The number of carbonyl (C=O) groups excluding carboxylic acids is 1. The summed E-state index contributed by atoms with van der Waals surface area (Å²) in [5.41, 5.74) is 3.24. The third kappa shape index (κ3) is 3.56. The Morgan fingerprint density at radius 2 is 1.75 bits per heavy atom. The van der Waals surface area contributed by atoms with Gasteiger partial charge in [-0.15, -0.1) is 0 Å². The van der Waals surface area contributed by atoms with E-state index < -0.39 is 21.8 Å². The van der Waals surface area contributed by atoms with Crippen LogP contribution in [0.15, 0.2) is 59.5 Å². The molecule has 2 aliphatic rings. The maximum absolute atomic E-state index is 13.4. The minimum atomic E-state index is -4.01. The summed E-state index contributed by atoms with van der Waals surface area (Å²) in [6.45, 7) is 0. The number of benzene rings is 3. The molecule has 0 heterocycles. The summed E-state index contributed by atoms with van der Waals surface area (Å²) < 4.78 is 34.5. The van der Waals surface area contributed by atoms with Gasteiger partial charge in [0.2, 0.25) is 5.91 Å². The molecule has 1 saturated carbocycles. The predicted octanol–water partition coefficient (Wildman–Crippen LogP) is 5.04. The second kappa shape index (κ2) is 8.24. The summed E-state index contributed by atoms with van der Waals surface area (Å²) in [5.74, 6) is 0.289. The van der Waals surface area contributed by atoms with Crippen molar-refractivity contribution in [1.29, 1.82) is 0 Å². The summed E-state index contributed by atoms with van der Waals surface area (Å²) in [6, 6.07) is 16.5. The lowest BCUT2D eigenvalue weighted by molar-refractivity contribution is -0.121. The number of methoxy groups -OCH3 is 1. The number of hydrogen-bond acceptors (Lipinski definition) is 4. The molecular formula is C26H27NO4S. The van der Waals surface area contributed by atoms with Crippen molar-refractivity contribution in [3.05, 3.63) is 71.3 Å². The van der Waals surface area contributed by atoms with Crippen LogP contribution in [0.5, 0.6) is 5.75 Å². The van der Waals surface area contributed by atoms with Crippen LogP contribution in [0.4, 0.5) is 0 Å². The van der Waals surface area contributed by atoms with E-state index in [2.05, 4.69) is 10.8 Å². The summed E-state index contributed by atoms with van der Waals surface area (Å²) >= 11 is 0. The maximum Gasteiger partial charge on any atom is 0.264 e. The largest absolute Gasteiger partial charge is 0.496 e. The fourth-order valence-corrected chi connectivity index (χ4v) is 6.43. The van der Waals surface area contributed by atoms with E-state index >= 15 is 0 Å². The molecule has 32 heavy (non-hydrogen) atoms. The zero-order chi connectivity index (χ0) is 22.3. The van der Waals surface area contributed by atoms with Gasteiger partial charge in [-0.25, -0.2) is 13.1 Å². The van der Waals surface area contributed by atoms with E-state index in [-0.39, 0.29) is 4.90 Å². The number of sulfonamides is 1. The van der Waals surface area contributed by atoms with Crippen molar-refractivity contribution in [2.45, 2.75) is 55.3 Å². The van der Waals surface area contributed by atoms with Crippen LogP contribution in [0.1, 0.15) is 60.6 Å². The monoisotopic (exact) mass is 449 g/mol. The average molecular weight is 450 g/mol. The van der Waals surface area contributed by atoms with E-state index in [0.29, 0.717) is 17.7 Å². The van der Waals surface area contributed by atoms with Gasteiger partial charge in [-0.05, 0) is 72.2 Å². The Morgan fingerprint density at radius 1 is 0.969 bits per heavy atom. The molecule has 5 nitrogen and oxygen atoms in total. The molecule has 0 radical (unpaired) electrons. The van der Waals surface area contributed by atoms with Crippen LogP contribution in [0.25, 0.3) is 10.8 Å². The van der Waals surface area contributed by atoms with Gasteiger partial charge in [0, 0.05) is 5.39 Å². The first-order valence-corrected chi connectivity index (χ1v) is 12.7. The van der Waals surface area contributed by atoms with E-state index in [0.717, 1.165) is 47.9 Å². The molecule has 1 fully saturated rings. The van der Waals surface area contributed by atoms with Gasteiger partial charge >= 0.3 is 0 Å². The molecule has 0 saturated heterocycles. The normalized spacial score (nSPS) is 18.6. The molecule has 1 atom stereocenters. The Balaban J connectivity index is 1.52. The molecule has 6 heteroatoms. The Bertz CT molecular complexity index is 1290. The first kappa shape index (κ1) is 21.0. The standard InChI is InChI=1S/C26H27NO4S/c1-31-23-16-15-20(18-8-4-9-18)25-21(23)12-6-13-22(25)26(28)27-32(29,30)24-14-5-10-17-7-2-3-11-19(17)24/h2-3,5,7,10-11,14-16,18,22H,4,6,8-9,12-13H2,1H3,(H,27,28)/t22-/m1/s1. The Hall–Kier alpha value is -2.86. The van der Waals surface area contributed by atoms with Crippen LogP contribution >= 0.6 is 0 Å². The van der Waals surface area contributed by atoms with Crippen LogP contribution in [-0.4, -0.2) is 21.4 Å². The molecule has 3 aromatic rings. The van der Waals surface area contributed by atoms with Gasteiger partial charge in [0.15, 0.2) is 0 Å². The van der Waals surface area contributed by atoms with Crippen molar-refractivity contribution in [3.63, 3.8) is 0 Å². The molecule has 0 bridgehead atoms. The van der Waals surface area contributed by atoms with Gasteiger partial charge in [0.05, 0.1) is 17.9 Å². The number of carbonyl (C=O) groups is 1. The van der Waals surface area contributed by atoms with E-state index in [1.807, 2.05) is 24.3 Å². The first-order valence-electron chi connectivity index (χ1n) is 11.2. The highest BCUT2D eigenvalue weighted by molar-refractivity contribution is 7.90. The van der Waals surface area contributed by atoms with Gasteiger partial charge in [0.25, 0.3) is 10.0 Å². The Labute approximate surface area is 188 Å². The Kier molecular flexibility index (Phi) is 5.41. The average Bonchev–Trinajstić information content (AvgIpc) is 2.77. The van der Waals surface area contributed by atoms with Crippen molar-refractivity contribution in [3.8, 4) is 5.75 Å². The highest BCUT2D eigenvalue weighted by Crippen LogP contribution is 2.46. The molecule has 5 rings (SSSR count). The summed E-state index contributed by atoms with van der Waals surface area (Å²) in [6.07, 6.45) is 5.72. The third-order valence-corrected chi connectivity index (χ3v) is 8.38. The lowest BCUT2D eigenvalue weighted by Gasteiger charge is -2.34. The molecule has 0 unspecified atom stereocenters. The molecule has 1 N–H and O–H groups in total. The number of amides is 1.